The fraction of sp³-hybridized carbons (Fsp3) is 0.0909. The number of aryl methyl sites for hydroxylation is 1. The number of aliphatic imine (C=N–C) groups is 1. The molecular weight excluding hydrogens is 423 g/mol. The smallest absolute Gasteiger partial charge is 0.262 e. The number of amides is 1. The van der Waals surface area contributed by atoms with Crippen molar-refractivity contribution in [2.45, 2.75) is 6.92 Å². The van der Waals surface area contributed by atoms with Crippen LogP contribution in [-0.4, -0.2) is 30.5 Å². The highest BCUT2D eigenvalue weighted by atomic mass is 35.5. The summed E-state index contributed by atoms with van der Waals surface area (Å²) in [5, 5.41) is 11.6. The summed E-state index contributed by atoms with van der Waals surface area (Å²) in [6.07, 6.45) is 5.86. The van der Waals surface area contributed by atoms with Gasteiger partial charge in [-0.25, -0.2) is 4.39 Å². The normalized spacial score (nSPS) is 14.2. The molecule has 0 spiro atoms. The molecule has 0 saturated heterocycles. The van der Waals surface area contributed by atoms with Crippen molar-refractivity contribution in [3.8, 4) is 5.75 Å². The van der Waals surface area contributed by atoms with Gasteiger partial charge in [-0.05, 0) is 55.0 Å². The Bertz CT molecular complexity index is 1120. The first kappa shape index (κ1) is 22.1. The molecule has 31 heavy (non-hydrogen) atoms. The first-order chi connectivity index (χ1) is 14.9. The Kier molecular flexibility index (Phi) is 7.07. The monoisotopic (exact) mass is 441 g/mol. The highest BCUT2D eigenvalue weighted by Gasteiger charge is 2.18. The third kappa shape index (κ3) is 5.94. The van der Waals surface area contributed by atoms with Crippen LogP contribution in [0.5, 0.6) is 5.75 Å². The van der Waals surface area contributed by atoms with Crippen LogP contribution >= 0.6 is 11.6 Å². The molecule has 1 aliphatic heterocycles. The zero-order valence-corrected chi connectivity index (χ0v) is 17.2. The van der Waals surface area contributed by atoms with Gasteiger partial charge in [-0.15, -0.1) is 0 Å². The average molecular weight is 442 g/mol. The van der Waals surface area contributed by atoms with Gasteiger partial charge < -0.3 is 10.1 Å². The van der Waals surface area contributed by atoms with E-state index in [4.69, 9.17) is 21.7 Å². The largest absolute Gasteiger partial charge is 0.483 e. The van der Waals surface area contributed by atoms with E-state index in [9.17, 15) is 14.0 Å². The SMILES string of the molecule is Cc1cc(F)cc(C(=O)c2cc(Cl)ccc2OCC(=O)NC2=C[NH2+]C(=NC=N)C=C2)c1. The molecule has 2 aromatic carbocycles. The van der Waals surface area contributed by atoms with Gasteiger partial charge in [0.2, 0.25) is 5.84 Å². The van der Waals surface area contributed by atoms with Gasteiger partial charge in [-0.2, -0.15) is 4.99 Å². The number of nitrogens with two attached hydrogens (primary N) is 1. The second-order valence-electron chi connectivity index (χ2n) is 6.63. The lowest BCUT2D eigenvalue weighted by Gasteiger charge is -2.13. The van der Waals surface area contributed by atoms with Crippen LogP contribution in [-0.2, 0) is 4.79 Å². The molecule has 0 radical (unpaired) electrons. The number of hydrogen-bond acceptors (Lipinski definition) is 4. The summed E-state index contributed by atoms with van der Waals surface area (Å²) in [5.74, 6) is -0.683. The number of ketones is 1. The molecule has 0 saturated carbocycles. The van der Waals surface area contributed by atoms with E-state index >= 15 is 0 Å². The fourth-order valence-electron chi connectivity index (χ4n) is 2.87. The first-order valence-corrected chi connectivity index (χ1v) is 9.57. The van der Waals surface area contributed by atoms with Gasteiger partial charge in [0.1, 0.15) is 24.1 Å². The molecule has 9 heteroatoms. The Morgan fingerprint density at radius 2 is 2.06 bits per heavy atom. The molecule has 7 nitrogen and oxygen atoms in total. The van der Waals surface area contributed by atoms with Crippen molar-refractivity contribution in [1.82, 2.24) is 5.32 Å². The average Bonchev–Trinajstić information content (AvgIpc) is 2.73. The van der Waals surface area contributed by atoms with Crippen LogP contribution in [0, 0.1) is 18.2 Å². The zero-order chi connectivity index (χ0) is 22.4. The van der Waals surface area contributed by atoms with E-state index in [0.717, 1.165) is 12.4 Å². The van der Waals surface area contributed by atoms with Crippen LogP contribution in [0.25, 0.3) is 0 Å². The van der Waals surface area contributed by atoms with Crippen LogP contribution < -0.4 is 15.4 Å². The molecule has 0 atom stereocenters. The number of carbonyl (C=O) groups excluding carboxylic acids is 2. The highest BCUT2D eigenvalue weighted by molar-refractivity contribution is 6.31. The molecular formula is C22H19ClFN4O3+. The molecule has 1 heterocycles. The molecule has 0 fully saturated rings. The lowest BCUT2D eigenvalue weighted by Crippen LogP contribution is -2.83. The minimum Gasteiger partial charge on any atom is -0.483 e. The summed E-state index contributed by atoms with van der Waals surface area (Å²) in [4.78, 5) is 29.0. The molecule has 1 amide bonds. The van der Waals surface area contributed by atoms with E-state index in [1.54, 1.807) is 36.7 Å². The number of ether oxygens (including phenoxy) is 1. The van der Waals surface area contributed by atoms with Crippen LogP contribution in [0.15, 0.2) is 65.4 Å². The molecule has 0 bridgehead atoms. The minimum absolute atomic E-state index is 0.128. The van der Waals surface area contributed by atoms with Crippen molar-refractivity contribution >= 4 is 35.5 Å². The quantitative estimate of drug-likeness (QED) is 0.349. The number of halogens is 2. The summed E-state index contributed by atoms with van der Waals surface area (Å²) in [7, 11) is 0. The van der Waals surface area contributed by atoms with E-state index in [1.807, 2.05) is 0 Å². The number of carbonyl (C=O) groups is 2. The lowest BCUT2D eigenvalue weighted by molar-refractivity contribution is -0.461. The maximum atomic E-state index is 13.7. The number of nitrogens with zero attached hydrogens (tertiary/aromatic N) is 1. The number of nitrogens with one attached hydrogen (secondary N) is 2. The standard InChI is InChI=1S/C22H18ClFN4O3/c1-13-6-14(8-16(24)7-13)22(30)18-9-15(23)2-4-19(18)31-11-21(29)28-17-3-5-20(26-10-17)27-12-25/h2-10,12H,11H2,1H3,(H,28,29)(H2,25,26,27)/p+1. The van der Waals surface area contributed by atoms with Crippen molar-refractivity contribution in [1.29, 1.82) is 5.41 Å². The summed E-state index contributed by atoms with van der Waals surface area (Å²) in [6.45, 7) is 1.34. The zero-order valence-electron chi connectivity index (χ0n) is 16.5. The van der Waals surface area contributed by atoms with Crippen molar-refractivity contribution in [3.05, 3.63) is 88.0 Å². The maximum absolute atomic E-state index is 13.7. The fourth-order valence-corrected chi connectivity index (χ4v) is 3.05. The Morgan fingerprint density at radius 1 is 1.26 bits per heavy atom. The maximum Gasteiger partial charge on any atom is 0.262 e. The number of allylic oxidation sites excluding steroid dienone is 1. The van der Waals surface area contributed by atoms with E-state index in [0.29, 0.717) is 22.1 Å². The third-order valence-electron chi connectivity index (χ3n) is 4.21. The summed E-state index contributed by atoms with van der Waals surface area (Å²) in [5.41, 5.74) is 1.42. The van der Waals surface area contributed by atoms with Gasteiger partial charge in [0.05, 0.1) is 11.3 Å². The topological polar surface area (TPSA) is 108 Å². The van der Waals surface area contributed by atoms with Gasteiger partial charge in [-0.1, -0.05) is 11.6 Å². The van der Waals surface area contributed by atoms with Gasteiger partial charge in [-0.3, -0.25) is 20.3 Å². The van der Waals surface area contributed by atoms with E-state index in [1.165, 1.54) is 24.3 Å². The number of quaternary nitrogens is 1. The van der Waals surface area contributed by atoms with E-state index < -0.39 is 17.5 Å². The molecule has 2 aromatic rings. The van der Waals surface area contributed by atoms with Crippen molar-refractivity contribution < 1.29 is 24.0 Å². The third-order valence-corrected chi connectivity index (χ3v) is 4.45. The Balaban J connectivity index is 1.70. The Labute approximate surface area is 182 Å². The molecule has 0 unspecified atom stereocenters. The minimum atomic E-state index is -0.522. The molecule has 1 aliphatic rings. The second-order valence-corrected chi connectivity index (χ2v) is 7.07. The van der Waals surface area contributed by atoms with Crippen molar-refractivity contribution in [3.63, 3.8) is 0 Å². The van der Waals surface area contributed by atoms with E-state index in [-0.39, 0.29) is 23.5 Å². The van der Waals surface area contributed by atoms with Crippen LogP contribution in [0.2, 0.25) is 5.02 Å². The van der Waals surface area contributed by atoms with Gasteiger partial charge in [0.25, 0.3) is 5.91 Å². The molecule has 0 aliphatic carbocycles. The Hall–Kier alpha value is -3.62. The lowest BCUT2D eigenvalue weighted by atomic mass is 10.0. The van der Waals surface area contributed by atoms with E-state index in [2.05, 4.69) is 10.3 Å². The Morgan fingerprint density at radius 3 is 2.74 bits per heavy atom. The van der Waals surface area contributed by atoms with Crippen LogP contribution in [0.4, 0.5) is 4.39 Å². The molecule has 3 rings (SSSR count). The van der Waals surface area contributed by atoms with Gasteiger partial charge in [0.15, 0.2) is 12.4 Å². The predicted octanol–water partition coefficient (Wildman–Crippen LogP) is 2.49. The van der Waals surface area contributed by atoms with Gasteiger partial charge >= 0.3 is 0 Å². The van der Waals surface area contributed by atoms with Crippen molar-refractivity contribution in [2.24, 2.45) is 4.99 Å². The highest BCUT2D eigenvalue weighted by Crippen LogP contribution is 2.26. The first-order valence-electron chi connectivity index (χ1n) is 9.19. The number of benzene rings is 2. The van der Waals surface area contributed by atoms with Crippen LogP contribution in [0.1, 0.15) is 21.5 Å². The van der Waals surface area contributed by atoms with Gasteiger partial charge in [0, 0.05) is 16.7 Å². The number of hydrogen-bond donors (Lipinski definition) is 3. The molecule has 158 valence electrons. The number of rotatable bonds is 7. The molecule has 4 N–H and O–H groups in total. The number of amidine groups is 1. The summed E-state index contributed by atoms with van der Waals surface area (Å²) in [6, 6.07) is 8.47. The summed E-state index contributed by atoms with van der Waals surface area (Å²) < 4.78 is 19.3. The van der Waals surface area contributed by atoms with Crippen LogP contribution in [0.3, 0.4) is 0 Å². The predicted molar refractivity (Wildman–Crippen MR) is 115 cm³/mol. The van der Waals surface area contributed by atoms with Crippen molar-refractivity contribution in [2.75, 3.05) is 6.61 Å². The second kappa shape index (κ2) is 9.92. The summed E-state index contributed by atoms with van der Waals surface area (Å²) >= 11 is 6.03. The molecule has 0 aromatic heterocycles.